The Bertz CT molecular complexity index is 3520. The second-order valence-electron chi connectivity index (χ2n) is 15.8. The minimum atomic E-state index is 1.11. The maximum atomic E-state index is 2.44. The van der Waals surface area contributed by atoms with Gasteiger partial charge in [0.15, 0.2) is 0 Å². The third-order valence-electron chi connectivity index (χ3n) is 12.3. The highest BCUT2D eigenvalue weighted by molar-refractivity contribution is 6.13. The van der Waals surface area contributed by atoms with Gasteiger partial charge in [0.2, 0.25) is 0 Å². The quantitative estimate of drug-likeness (QED) is 0.157. The van der Waals surface area contributed by atoms with Gasteiger partial charge in [-0.3, -0.25) is 0 Å². The summed E-state index contributed by atoms with van der Waals surface area (Å²) in [6.45, 7) is 0. The van der Waals surface area contributed by atoms with E-state index >= 15 is 0 Å². The molecule has 0 amide bonds. The van der Waals surface area contributed by atoms with E-state index in [0.717, 1.165) is 28.4 Å². The monoisotopic (exact) mass is 777 g/mol. The lowest BCUT2D eigenvalue weighted by Crippen LogP contribution is -2.09. The Labute approximate surface area is 354 Å². The Morgan fingerprint density at radius 3 is 1.44 bits per heavy atom. The fraction of sp³-hybridized carbons (Fsp3) is 0. The molecule has 0 spiro atoms. The predicted octanol–water partition coefficient (Wildman–Crippen LogP) is 15.8. The number of benzene rings is 10. The van der Waals surface area contributed by atoms with E-state index in [1.165, 1.54) is 76.6 Å². The topological polar surface area (TPSA) is 13.1 Å². The first-order chi connectivity index (χ1) is 30.3. The molecule has 2 heterocycles. The minimum absolute atomic E-state index is 1.11. The summed E-state index contributed by atoms with van der Waals surface area (Å²) in [5.41, 5.74) is 15.2. The number of anilines is 3. The van der Waals surface area contributed by atoms with E-state index in [9.17, 15) is 0 Å². The highest BCUT2D eigenvalue weighted by Crippen LogP contribution is 2.41. The molecule has 0 saturated carbocycles. The van der Waals surface area contributed by atoms with Gasteiger partial charge in [0.1, 0.15) is 0 Å². The van der Waals surface area contributed by atoms with Crippen LogP contribution in [0, 0.1) is 0 Å². The molecular weight excluding hydrogens is 739 g/mol. The van der Waals surface area contributed by atoms with Crippen LogP contribution < -0.4 is 4.90 Å². The van der Waals surface area contributed by atoms with Crippen LogP contribution >= 0.6 is 0 Å². The van der Waals surface area contributed by atoms with Crippen LogP contribution in [-0.4, -0.2) is 9.13 Å². The average Bonchev–Trinajstić information content (AvgIpc) is 3.85. The largest absolute Gasteiger partial charge is 0.311 e. The Kier molecular flexibility index (Phi) is 8.17. The number of nitrogens with zero attached hydrogens (tertiary/aromatic N) is 3. The van der Waals surface area contributed by atoms with Gasteiger partial charge in [-0.15, -0.1) is 0 Å². The summed E-state index contributed by atoms with van der Waals surface area (Å²) in [4.78, 5) is 2.31. The van der Waals surface area contributed by atoms with E-state index in [1.807, 2.05) is 0 Å². The summed E-state index contributed by atoms with van der Waals surface area (Å²) in [5.74, 6) is 0. The van der Waals surface area contributed by atoms with E-state index in [1.54, 1.807) is 0 Å². The van der Waals surface area contributed by atoms with Crippen molar-refractivity contribution < 1.29 is 0 Å². The number of para-hydroxylation sites is 4. The third kappa shape index (κ3) is 5.82. The van der Waals surface area contributed by atoms with E-state index in [4.69, 9.17) is 0 Å². The number of hydrogen-bond donors (Lipinski definition) is 0. The maximum absolute atomic E-state index is 2.44. The predicted molar refractivity (Wildman–Crippen MR) is 258 cm³/mol. The molecule has 0 radical (unpaired) electrons. The van der Waals surface area contributed by atoms with Crippen LogP contribution in [0.4, 0.5) is 17.1 Å². The lowest BCUT2D eigenvalue weighted by atomic mass is 9.97. The van der Waals surface area contributed by atoms with Gasteiger partial charge in [-0.05, 0) is 124 Å². The van der Waals surface area contributed by atoms with Crippen LogP contribution in [0.3, 0.4) is 0 Å². The second kappa shape index (κ2) is 14.3. The zero-order valence-electron chi connectivity index (χ0n) is 33.4. The van der Waals surface area contributed by atoms with E-state index in [2.05, 4.69) is 251 Å². The van der Waals surface area contributed by atoms with Crippen LogP contribution in [0.5, 0.6) is 0 Å². The molecule has 12 aromatic rings. The van der Waals surface area contributed by atoms with Crippen LogP contribution in [0.2, 0.25) is 0 Å². The van der Waals surface area contributed by atoms with Gasteiger partial charge in [0.25, 0.3) is 0 Å². The second-order valence-corrected chi connectivity index (χ2v) is 15.8. The summed E-state index contributed by atoms with van der Waals surface area (Å²) in [6, 6.07) is 85.9. The Morgan fingerprint density at radius 1 is 0.262 bits per heavy atom. The molecule has 2 aromatic heterocycles. The lowest BCUT2D eigenvalue weighted by molar-refractivity contribution is 1.17. The first-order valence-corrected chi connectivity index (χ1v) is 20.9. The third-order valence-corrected chi connectivity index (χ3v) is 12.3. The van der Waals surface area contributed by atoms with E-state index < -0.39 is 0 Å². The molecular formula is C58H39N3. The first-order valence-electron chi connectivity index (χ1n) is 20.9. The summed E-state index contributed by atoms with van der Waals surface area (Å²) in [7, 11) is 0. The molecule has 0 aliphatic heterocycles. The molecule has 0 aliphatic carbocycles. The van der Waals surface area contributed by atoms with Crippen LogP contribution in [0.1, 0.15) is 0 Å². The van der Waals surface area contributed by atoms with Crippen molar-refractivity contribution in [1.82, 2.24) is 9.13 Å². The zero-order chi connectivity index (χ0) is 40.3. The summed E-state index contributed by atoms with van der Waals surface area (Å²) >= 11 is 0. The standard InChI is InChI=1S/C58H39N3/c1-4-16-40(17-5-1)53-39-48(36-43-18-10-11-23-49(43)53)61-56-27-15-13-25-51(56)54-37-41(29-35-57(54)61)42-28-34-52-50-24-12-14-26-55(50)60(58(52)38-42)47-32-30-46(31-33-47)59(44-19-6-2-7-20-44)45-21-8-3-9-22-45/h1-39H. The van der Waals surface area contributed by atoms with Crippen molar-refractivity contribution in [2.24, 2.45) is 0 Å². The van der Waals surface area contributed by atoms with Gasteiger partial charge in [-0.1, -0.05) is 146 Å². The SMILES string of the molecule is c1ccc(-c2cc(-n3c4ccccc4c4cc(-c5ccc6c7ccccc7n(-c7ccc(N(c8ccccc8)c8ccccc8)cc7)c6c5)ccc43)cc3ccccc23)cc1. The van der Waals surface area contributed by atoms with E-state index in [-0.39, 0.29) is 0 Å². The first kappa shape index (κ1) is 34.9. The normalized spacial score (nSPS) is 11.6. The smallest absolute Gasteiger partial charge is 0.0547 e. The van der Waals surface area contributed by atoms with Gasteiger partial charge in [0, 0.05) is 50.0 Å². The van der Waals surface area contributed by atoms with Gasteiger partial charge >= 0.3 is 0 Å². The molecule has 0 saturated heterocycles. The minimum Gasteiger partial charge on any atom is -0.311 e. The van der Waals surface area contributed by atoms with E-state index in [0.29, 0.717) is 0 Å². The van der Waals surface area contributed by atoms with Gasteiger partial charge in [-0.25, -0.2) is 0 Å². The zero-order valence-corrected chi connectivity index (χ0v) is 33.4. The summed E-state index contributed by atoms with van der Waals surface area (Å²) < 4.78 is 4.86. The van der Waals surface area contributed by atoms with Crippen LogP contribution in [-0.2, 0) is 0 Å². The highest BCUT2D eigenvalue weighted by Gasteiger charge is 2.18. The van der Waals surface area contributed by atoms with Crippen LogP contribution in [0.15, 0.2) is 237 Å². The number of hydrogen-bond acceptors (Lipinski definition) is 1. The lowest BCUT2D eigenvalue weighted by Gasteiger charge is -2.25. The molecule has 0 atom stereocenters. The number of rotatable bonds is 7. The van der Waals surface area contributed by atoms with Crippen molar-refractivity contribution in [2.45, 2.75) is 0 Å². The molecule has 12 rings (SSSR count). The number of aromatic nitrogens is 2. The average molecular weight is 778 g/mol. The Hall–Kier alpha value is -8.14. The maximum Gasteiger partial charge on any atom is 0.0547 e. The highest BCUT2D eigenvalue weighted by atomic mass is 15.1. The summed E-state index contributed by atoms with van der Waals surface area (Å²) in [6.07, 6.45) is 0. The van der Waals surface area contributed by atoms with Gasteiger partial charge < -0.3 is 14.0 Å². The molecule has 0 N–H and O–H groups in total. The van der Waals surface area contributed by atoms with Gasteiger partial charge in [0.05, 0.1) is 22.1 Å². The molecule has 0 aliphatic rings. The Balaban J connectivity index is 0.995. The Morgan fingerprint density at radius 2 is 0.754 bits per heavy atom. The number of fused-ring (bicyclic) bond motifs is 7. The van der Waals surface area contributed by atoms with Crippen molar-refractivity contribution in [2.75, 3.05) is 4.90 Å². The molecule has 61 heavy (non-hydrogen) atoms. The van der Waals surface area contributed by atoms with Crippen molar-refractivity contribution in [3.05, 3.63) is 237 Å². The summed E-state index contributed by atoms with van der Waals surface area (Å²) in [5, 5.41) is 7.44. The molecule has 0 unspecified atom stereocenters. The van der Waals surface area contributed by atoms with Crippen LogP contribution in [0.25, 0.3) is 88.0 Å². The fourth-order valence-corrected chi connectivity index (χ4v) is 9.49. The molecule has 0 bridgehead atoms. The van der Waals surface area contributed by atoms with Crippen molar-refractivity contribution in [3.8, 4) is 33.6 Å². The van der Waals surface area contributed by atoms with Gasteiger partial charge in [-0.2, -0.15) is 0 Å². The molecule has 3 nitrogen and oxygen atoms in total. The van der Waals surface area contributed by atoms with Crippen molar-refractivity contribution in [1.29, 1.82) is 0 Å². The van der Waals surface area contributed by atoms with Crippen molar-refractivity contribution in [3.63, 3.8) is 0 Å². The fourth-order valence-electron chi connectivity index (χ4n) is 9.49. The van der Waals surface area contributed by atoms with Crippen molar-refractivity contribution >= 4 is 71.4 Å². The molecule has 0 fully saturated rings. The molecule has 3 heteroatoms. The molecule has 10 aromatic carbocycles. The molecule has 286 valence electrons.